The molecule has 0 aliphatic carbocycles. The highest BCUT2D eigenvalue weighted by molar-refractivity contribution is 4.77. The second kappa shape index (κ2) is 8.01. The monoisotopic (exact) mass is 309 g/mol. The predicted octanol–water partition coefficient (Wildman–Crippen LogP) is -0.317. The van der Waals surface area contributed by atoms with E-state index >= 15 is 0 Å². The summed E-state index contributed by atoms with van der Waals surface area (Å²) in [7, 11) is 0. The molecule has 0 saturated carbocycles. The molecule has 0 spiro atoms. The number of aliphatic hydroxyl groups is 1. The van der Waals surface area contributed by atoms with Crippen molar-refractivity contribution in [2.75, 3.05) is 52.5 Å². The average molecular weight is 309 g/mol. The van der Waals surface area contributed by atoms with Crippen LogP contribution in [0.2, 0.25) is 0 Å². The van der Waals surface area contributed by atoms with Crippen LogP contribution in [0.4, 0.5) is 0 Å². The Hall–Kier alpha value is -1.02. The fourth-order valence-corrected chi connectivity index (χ4v) is 3.50. The molecule has 7 nitrogen and oxygen atoms in total. The molecule has 2 saturated heterocycles. The highest BCUT2D eigenvalue weighted by Gasteiger charge is 2.23. The van der Waals surface area contributed by atoms with Crippen molar-refractivity contribution in [2.45, 2.75) is 25.5 Å². The largest absolute Gasteiger partial charge is 0.390 e. The Morgan fingerprint density at radius 3 is 2.77 bits per heavy atom. The van der Waals surface area contributed by atoms with Gasteiger partial charge in [-0.25, -0.2) is 4.98 Å². The third kappa shape index (κ3) is 4.74. The summed E-state index contributed by atoms with van der Waals surface area (Å²) in [4.78, 5) is 8.70. The van der Waals surface area contributed by atoms with E-state index in [9.17, 15) is 5.11 Å². The average Bonchev–Trinajstić information content (AvgIpc) is 3.01. The van der Waals surface area contributed by atoms with E-state index in [1.165, 1.54) is 12.8 Å². The van der Waals surface area contributed by atoms with Gasteiger partial charge in [0.2, 0.25) is 0 Å². The molecule has 2 aliphatic heterocycles. The number of nitrogens with zero attached hydrogens (tertiary/aromatic N) is 5. The molecule has 1 aromatic heterocycles. The molecule has 3 rings (SSSR count). The molecule has 1 N–H and O–H groups in total. The Bertz CT molecular complexity index is 422. The van der Waals surface area contributed by atoms with Crippen molar-refractivity contribution in [1.82, 2.24) is 24.6 Å². The first-order chi connectivity index (χ1) is 10.8. The van der Waals surface area contributed by atoms with Crippen molar-refractivity contribution >= 4 is 0 Å². The van der Waals surface area contributed by atoms with E-state index in [0.717, 1.165) is 59.0 Å². The van der Waals surface area contributed by atoms with Crippen LogP contribution >= 0.6 is 0 Å². The number of morpholine rings is 1. The maximum atomic E-state index is 10.3. The molecule has 2 atom stereocenters. The van der Waals surface area contributed by atoms with Gasteiger partial charge in [0.05, 0.1) is 19.3 Å². The number of aliphatic hydroxyl groups excluding tert-OH is 1. The second-order valence-corrected chi connectivity index (χ2v) is 6.45. The van der Waals surface area contributed by atoms with E-state index in [1.807, 2.05) is 4.68 Å². The van der Waals surface area contributed by atoms with Crippen LogP contribution in [0.5, 0.6) is 0 Å². The molecule has 2 aliphatic rings. The maximum Gasteiger partial charge on any atom is 0.137 e. The summed E-state index contributed by atoms with van der Waals surface area (Å²) in [6.45, 7) is 8.04. The van der Waals surface area contributed by atoms with E-state index < -0.39 is 0 Å². The molecule has 124 valence electrons. The Morgan fingerprint density at radius 1 is 1.18 bits per heavy atom. The summed E-state index contributed by atoms with van der Waals surface area (Å²) < 4.78 is 7.26. The zero-order valence-electron chi connectivity index (χ0n) is 13.2. The number of aromatic nitrogens is 3. The number of β-amino-alcohol motifs (C(OH)–C–C–N with tert-alkyl or cyclic N) is 1. The van der Waals surface area contributed by atoms with Crippen molar-refractivity contribution < 1.29 is 9.84 Å². The van der Waals surface area contributed by atoms with Gasteiger partial charge < -0.3 is 14.7 Å². The molecule has 0 bridgehead atoms. The normalized spacial score (nSPS) is 26.1. The Kier molecular flexibility index (Phi) is 5.77. The smallest absolute Gasteiger partial charge is 0.137 e. The second-order valence-electron chi connectivity index (χ2n) is 6.45. The van der Waals surface area contributed by atoms with Crippen molar-refractivity contribution in [3.05, 3.63) is 12.7 Å². The minimum absolute atomic E-state index is 0.275. The van der Waals surface area contributed by atoms with Gasteiger partial charge in [0.1, 0.15) is 12.7 Å². The van der Waals surface area contributed by atoms with Gasteiger partial charge in [-0.1, -0.05) is 0 Å². The number of piperidine rings is 1. The summed E-state index contributed by atoms with van der Waals surface area (Å²) in [5.41, 5.74) is 0. The molecular weight excluding hydrogens is 282 g/mol. The van der Waals surface area contributed by atoms with Gasteiger partial charge >= 0.3 is 0 Å². The highest BCUT2D eigenvalue weighted by Crippen LogP contribution is 2.18. The standard InChI is InChI=1S/C15H27N5O2/c21-15(10-18-4-6-22-7-5-18)11-19-3-1-2-14(8-19)9-20-13-16-12-17-20/h12-15,21H,1-11H2/t14-,15-/m1/s1. The predicted molar refractivity (Wildman–Crippen MR) is 82.5 cm³/mol. The number of hydrogen-bond donors (Lipinski definition) is 1. The third-order valence-electron chi connectivity index (χ3n) is 4.56. The van der Waals surface area contributed by atoms with Crippen molar-refractivity contribution in [2.24, 2.45) is 5.92 Å². The van der Waals surface area contributed by atoms with E-state index in [4.69, 9.17) is 4.74 Å². The lowest BCUT2D eigenvalue weighted by molar-refractivity contribution is 0.00292. The number of hydrogen-bond acceptors (Lipinski definition) is 6. The molecule has 0 amide bonds. The molecule has 22 heavy (non-hydrogen) atoms. The summed E-state index contributed by atoms with van der Waals surface area (Å²) in [5, 5.41) is 14.5. The first-order valence-corrected chi connectivity index (χ1v) is 8.32. The zero-order chi connectivity index (χ0) is 15.2. The quantitative estimate of drug-likeness (QED) is 0.777. The topological polar surface area (TPSA) is 66.7 Å². The van der Waals surface area contributed by atoms with Crippen LogP contribution in [-0.4, -0.2) is 88.3 Å². The Balaban J connectivity index is 1.41. The lowest BCUT2D eigenvalue weighted by atomic mass is 9.98. The van der Waals surface area contributed by atoms with Crippen LogP contribution in [-0.2, 0) is 11.3 Å². The van der Waals surface area contributed by atoms with Gasteiger partial charge in [0.25, 0.3) is 0 Å². The SMILES string of the molecule is O[C@H](CN1CCOCC1)CN1CCC[C@@H](Cn2cncn2)C1. The van der Waals surface area contributed by atoms with Crippen molar-refractivity contribution in [3.63, 3.8) is 0 Å². The van der Waals surface area contributed by atoms with Gasteiger partial charge in [-0.3, -0.25) is 9.58 Å². The van der Waals surface area contributed by atoms with Crippen LogP contribution in [0.1, 0.15) is 12.8 Å². The Morgan fingerprint density at radius 2 is 2.00 bits per heavy atom. The lowest BCUT2D eigenvalue weighted by Crippen LogP contribution is -2.47. The molecule has 3 heterocycles. The van der Waals surface area contributed by atoms with E-state index in [1.54, 1.807) is 12.7 Å². The highest BCUT2D eigenvalue weighted by atomic mass is 16.5. The molecule has 0 unspecified atom stereocenters. The number of likely N-dealkylation sites (tertiary alicyclic amines) is 1. The van der Waals surface area contributed by atoms with Gasteiger partial charge in [-0.05, 0) is 25.3 Å². The minimum atomic E-state index is -0.275. The van der Waals surface area contributed by atoms with Crippen LogP contribution < -0.4 is 0 Å². The third-order valence-corrected chi connectivity index (χ3v) is 4.56. The summed E-state index contributed by atoms with van der Waals surface area (Å²) in [6.07, 6.45) is 5.53. The van der Waals surface area contributed by atoms with Crippen LogP contribution in [0.25, 0.3) is 0 Å². The van der Waals surface area contributed by atoms with Crippen molar-refractivity contribution in [3.8, 4) is 0 Å². The Labute approximate surface area is 131 Å². The lowest BCUT2D eigenvalue weighted by Gasteiger charge is -2.35. The minimum Gasteiger partial charge on any atom is -0.390 e. The number of ether oxygens (including phenoxy) is 1. The molecule has 1 aromatic rings. The van der Waals surface area contributed by atoms with Gasteiger partial charge in [-0.2, -0.15) is 5.10 Å². The summed E-state index contributed by atoms with van der Waals surface area (Å²) in [6, 6.07) is 0. The molecule has 7 heteroatoms. The fourth-order valence-electron chi connectivity index (χ4n) is 3.50. The molecule has 0 aromatic carbocycles. The summed E-state index contributed by atoms with van der Waals surface area (Å²) in [5.74, 6) is 0.603. The maximum absolute atomic E-state index is 10.3. The number of rotatable bonds is 6. The van der Waals surface area contributed by atoms with Crippen LogP contribution in [0.15, 0.2) is 12.7 Å². The van der Waals surface area contributed by atoms with Gasteiger partial charge in [0, 0.05) is 39.3 Å². The summed E-state index contributed by atoms with van der Waals surface area (Å²) >= 11 is 0. The molecular formula is C15H27N5O2. The van der Waals surface area contributed by atoms with E-state index in [-0.39, 0.29) is 6.10 Å². The van der Waals surface area contributed by atoms with E-state index in [2.05, 4.69) is 19.9 Å². The van der Waals surface area contributed by atoms with E-state index in [0.29, 0.717) is 5.92 Å². The first-order valence-electron chi connectivity index (χ1n) is 8.32. The van der Waals surface area contributed by atoms with Crippen molar-refractivity contribution in [1.29, 1.82) is 0 Å². The van der Waals surface area contributed by atoms with Gasteiger partial charge in [0.15, 0.2) is 0 Å². The first kappa shape index (κ1) is 15.9. The van der Waals surface area contributed by atoms with Gasteiger partial charge in [-0.15, -0.1) is 0 Å². The molecule has 2 fully saturated rings. The molecule has 0 radical (unpaired) electrons. The zero-order valence-corrected chi connectivity index (χ0v) is 13.2. The fraction of sp³-hybridized carbons (Fsp3) is 0.867. The van der Waals surface area contributed by atoms with Crippen LogP contribution in [0, 0.1) is 5.92 Å². The van der Waals surface area contributed by atoms with Crippen LogP contribution in [0.3, 0.4) is 0 Å².